The molecule has 0 N–H and O–H groups in total. The number of piperidine rings is 1. The monoisotopic (exact) mass is 450 g/mol. The Labute approximate surface area is 192 Å². The molecule has 0 radical (unpaired) electrons. The van der Waals surface area contributed by atoms with E-state index in [0.717, 1.165) is 40.6 Å². The summed E-state index contributed by atoms with van der Waals surface area (Å²) in [4.78, 5) is 40.9. The summed E-state index contributed by atoms with van der Waals surface area (Å²) in [6.45, 7) is 3.78. The van der Waals surface area contributed by atoms with E-state index in [0.29, 0.717) is 36.3 Å². The van der Waals surface area contributed by atoms with Gasteiger partial charge in [-0.3, -0.25) is 19.3 Å². The number of hydrogen-bond acceptors (Lipinski definition) is 5. The topological polar surface area (TPSA) is 66.9 Å². The Morgan fingerprint density at radius 1 is 1.09 bits per heavy atom. The van der Waals surface area contributed by atoms with Crippen LogP contribution in [0.3, 0.4) is 0 Å². The number of likely N-dealkylation sites (tertiary alicyclic amines) is 1. The molecular formula is C25H26N2O4S. The van der Waals surface area contributed by atoms with Crippen LogP contribution in [0.1, 0.15) is 30.9 Å². The Balaban J connectivity index is 1.39. The Morgan fingerprint density at radius 2 is 1.84 bits per heavy atom. The Hall–Kier alpha value is -3.06. The Morgan fingerprint density at radius 3 is 2.59 bits per heavy atom. The molecule has 0 atom stereocenters. The molecule has 2 fully saturated rings. The summed E-state index contributed by atoms with van der Waals surface area (Å²) >= 11 is 0.869. The van der Waals surface area contributed by atoms with Gasteiger partial charge in [0.1, 0.15) is 18.9 Å². The van der Waals surface area contributed by atoms with Gasteiger partial charge in [-0.2, -0.15) is 0 Å². The van der Waals surface area contributed by atoms with Crippen molar-refractivity contribution in [3.63, 3.8) is 0 Å². The van der Waals surface area contributed by atoms with Crippen LogP contribution < -0.4 is 4.74 Å². The van der Waals surface area contributed by atoms with E-state index in [-0.39, 0.29) is 12.5 Å². The summed E-state index contributed by atoms with van der Waals surface area (Å²) in [7, 11) is 0. The number of imide groups is 1. The molecule has 0 bridgehead atoms. The predicted molar refractivity (Wildman–Crippen MR) is 125 cm³/mol. The lowest BCUT2D eigenvalue weighted by molar-refractivity contribution is -0.136. The van der Waals surface area contributed by atoms with E-state index in [2.05, 4.69) is 6.92 Å². The second kappa shape index (κ2) is 10.0. The minimum Gasteiger partial charge on any atom is -0.489 e. The first kappa shape index (κ1) is 22.1. The first-order valence-corrected chi connectivity index (χ1v) is 11.6. The van der Waals surface area contributed by atoms with Crippen LogP contribution in [0.15, 0.2) is 59.5 Å². The van der Waals surface area contributed by atoms with Gasteiger partial charge in [-0.25, -0.2) is 0 Å². The van der Waals surface area contributed by atoms with Gasteiger partial charge in [0.25, 0.3) is 11.1 Å². The third-order valence-electron chi connectivity index (χ3n) is 5.71. The summed E-state index contributed by atoms with van der Waals surface area (Å²) in [5.41, 5.74) is 1.82. The van der Waals surface area contributed by atoms with Crippen molar-refractivity contribution in [1.29, 1.82) is 0 Å². The minimum absolute atomic E-state index is 0.170. The molecule has 3 amide bonds. The van der Waals surface area contributed by atoms with Crippen LogP contribution in [0.2, 0.25) is 0 Å². The van der Waals surface area contributed by atoms with Crippen molar-refractivity contribution in [2.24, 2.45) is 5.92 Å². The van der Waals surface area contributed by atoms with E-state index >= 15 is 0 Å². The largest absolute Gasteiger partial charge is 0.489 e. The third kappa shape index (κ3) is 5.40. The lowest BCUT2D eigenvalue weighted by Gasteiger charge is -2.31. The molecule has 2 aromatic rings. The summed E-state index contributed by atoms with van der Waals surface area (Å²) in [6, 6.07) is 17.2. The summed E-state index contributed by atoms with van der Waals surface area (Å²) < 4.78 is 5.85. The molecule has 4 rings (SSSR count). The number of nitrogens with zero attached hydrogens (tertiary/aromatic N) is 2. The fourth-order valence-corrected chi connectivity index (χ4v) is 4.55. The molecule has 32 heavy (non-hydrogen) atoms. The smallest absolute Gasteiger partial charge is 0.294 e. The molecule has 0 unspecified atom stereocenters. The van der Waals surface area contributed by atoms with Crippen molar-refractivity contribution in [2.75, 3.05) is 19.6 Å². The van der Waals surface area contributed by atoms with E-state index in [4.69, 9.17) is 4.74 Å². The SMILES string of the molecule is CC1CCN(C(=O)CN2C(=O)S/C(=C/c3cccc(OCc4ccccc4)c3)C2=O)CC1. The van der Waals surface area contributed by atoms with Crippen LogP contribution in [0, 0.1) is 5.92 Å². The minimum atomic E-state index is -0.422. The van der Waals surface area contributed by atoms with Crippen molar-refractivity contribution in [2.45, 2.75) is 26.4 Å². The molecule has 6 nitrogen and oxygen atoms in total. The van der Waals surface area contributed by atoms with Crippen LogP contribution >= 0.6 is 11.8 Å². The van der Waals surface area contributed by atoms with Crippen molar-refractivity contribution >= 4 is 34.9 Å². The average Bonchev–Trinajstić information content (AvgIpc) is 3.06. The molecule has 2 heterocycles. The van der Waals surface area contributed by atoms with Crippen molar-refractivity contribution < 1.29 is 19.1 Å². The molecule has 0 saturated carbocycles. The number of carbonyl (C=O) groups is 3. The first-order chi connectivity index (χ1) is 15.5. The summed E-state index contributed by atoms with van der Waals surface area (Å²) in [5, 5.41) is -0.406. The second-order valence-electron chi connectivity index (χ2n) is 8.18. The number of carbonyl (C=O) groups excluding carboxylic acids is 3. The van der Waals surface area contributed by atoms with E-state index in [1.54, 1.807) is 11.0 Å². The molecule has 0 aromatic heterocycles. The second-order valence-corrected chi connectivity index (χ2v) is 9.17. The number of amides is 3. The zero-order chi connectivity index (χ0) is 22.5. The van der Waals surface area contributed by atoms with Crippen LogP contribution in [0.5, 0.6) is 5.75 Å². The number of thioether (sulfide) groups is 1. The van der Waals surface area contributed by atoms with E-state index in [1.165, 1.54) is 0 Å². The molecular weight excluding hydrogens is 424 g/mol. The summed E-state index contributed by atoms with van der Waals surface area (Å²) in [6.07, 6.45) is 3.58. The fraction of sp³-hybridized carbons (Fsp3) is 0.320. The molecule has 0 spiro atoms. The lowest BCUT2D eigenvalue weighted by atomic mass is 9.99. The van der Waals surface area contributed by atoms with Gasteiger partial charge in [0.15, 0.2) is 0 Å². The van der Waals surface area contributed by atoms with Gasteiger partial charge in [0.05, 0.1) is 4.91 Å². The lowest BCUT2D eigenvalue weighted by Crippen LogP contribution is -2.45. The zero-order valence-corrected chi connectivity index (χ0v) is 18.8. The number of ether oxygens (including phenoxy) is 1. The average molecular weight is 451 g/mol. The molecule has 2 aliphatic rings. The molecule has 166 valence electrons. The van der Waals surface area contributed by atoms with Gasteiger partial charge in [-0.1, -0.05) is 49.4 Å². The van der Waals surface area contributed by atoms with Crippen LogP contribution in [0.25, 0.3) is 6.08 Å². The maximum atomic E-state index is 12.8. The molecule has 2 saturated heterocycles. The van der Waals surface area contributed by atoms with Gasteiger partial charge in [-0.15, -0.1) is 0 Å². The predicted octanol–water partition coefficient (Wildman–Crippen LogP) is 4.56. The van der Waals surface area contributed by atoms with E-state index in [1.807, 2.05) is 54.6 Å². The normalized spacial score (nSPS) is 18.5. The molecule has 2 aliphatic heterocycles. The van der Waals surface area contributed by atoms with E-state index < -0.39 is 11.1 Å². The molecule has 7 heteroatoms. The highest BCUT2D eigenvalue weighted by Gasteiger charge is 2.37. The van der Waals surface area contributed by atoms with Gasteiger partial charge in [0, 0.05) is 13.1 Å². The highest BCUT2D eigenvalue weighted by molar-refractivity contribution is 8.18. The fourth-order valence-electron chi connectivity index (χ4n) is 3.72. The van der Waals surface area contributed by atoms with Crippen LogP contribution in [0.4, 0.5) is 4.79 Å². The Kier molecular flexibility index (Phi) is 6.95. The zero-order valence-electron chi connectivity index (χ0n) is 18.0. The summed E-state index contributed by atoms with van der Waals surface area (Å²) in [5.74, 6) is 0.689. The quantitative estimate of drug-likeness (QED) is 0.604. The maximum Gasteiger partial charge on any atom is 0.294 e. The number of benzene rings is 2. The number of rotatable bonds is 6. The van der Waals surface area contributed by atoms with Gasteiger partial charge in [0.2, 0.25) is 5.91 Å². The van der Waals surface area contributed by atoms with Crippen molar-refractivity contribution in [3.8, 4) is 5.75 Å². The van der Waals surface area contributed by atoms with Crippen LogP contribution in [-0.4, -0.2) is 46.5 Å². The van der Waals surface area contributed by atoms with Gasteiger partial charge >= 0.3 is 0 Å². The van der Waals surface area contributed by atoms with Crippen molar-refractivity contribution in [3.05, 3.63) is 70.6 Å². The van der Waals surface area contributed by atoms with E-state index in [9.17, 15) is 14.4 Å². The maximum absolute atomic E-state index is 12.8. The first-order valence-electron chi connectivity index (χ1n) is 10.8. The highest BCUT2D eigenvalue weighted by Crippen LogP contribution is 2.33. The third-order valence-corrected chi connectivity index (χ3v) is 6.61. The van der Waals surface area contributed by atoms with Crippen molar-refractivity contribution in [1.82, 2.24) is 9.80 Å². The van der Waals surface area contributed by atoms with Gasteiger partial charge in [-0.05, 0) is 59.9 Å². The van der Waals surface area contributed by atoms with Crippen LogP contribution in [-0.2, 0) is 16.2 Å². The number of hydrogen-bond donors (Lipinski definition) is 0. The Bertz CT molecular complexity index is 1030. The molecule has 2 aromatic carbocycles. The highest BCUT2D eigenvalue weighted by atomic mass is 32.2. The molecule has 0 aliphatic carbocycles. The standard InChI is InChI=1S/C25H26N2O4S/c1-18-10-12-26(13-11-18)23(28)16-27-24(29)22(32-25(27)30)15-20-8-5-9-21(14-20)31-17-19-6-3-2-4-7-19/h2-9,14-15,18H,10-13,16-17H2,1H3/b22-15+. The van der Waals surface area contributed by atoms with Gasteiger partial charge < -0.3 is 9.64 Å².